The van der Waals surface area contributed by atoms with Crippen molar-refractivity contribution >= 4 is 5.91 Å². The number of aliphatic hydroxyl groups excluding tert-OH is 1. The lowest BCUT2D eigenvalue weighted by atomic mass is 9.98. The largest absolute Gasteiger partial charge is 0.493 e. The van der Waals surface area contributed by atoms with Crippen LogP contribution in [0.15, 0.2) is 24.3 Å². The maximum Gasteiger partial charge on any atom is 0.255 e. The minimum absolute atomic E-state index is 0.245. The van der Waals surface area contributed by atoms with Gasteiger partial charge in [0, 0.05) is 0 Å². The van der Waals surface area contributed by atoms with Crippen LogP contribution in [0.1, 0.15) is 38.1 Å². The highest BCUT2D eigenvalue weighted by molar-refractivity contribution is 5.97. The first-order chi connectivity index (χ1) is 8.38. The fourth-order valence-corrected chi connectivity index (χ4v) is 1.40. The van der Waals surface area contributed by atoms with Crippen molar-refractivity contribution in [1.82, 2.24) is 5.32 Å². The highest BCUT2D eigenvalue weighted by Gasteiger charge is 2.27. The molecule has 0 heterocycles. The molecule has 0 bridgehead atoms. The Kier molecular flexibility index (Phi) is 4.73. The minimum Gasteiger partial charge on any atom is -0.493 e. The number of amides is 1. The molecule has 1 amide bonds. The lowest BCUT2D eigenvalue weighted by molar-refractivity contribution is 0.0706. The van der Waals surface area contributed by atoms with E-state index in [1.54, 1.807) is 39.0 Å². The number of hydrogen-bond donors (Lipinski definition) is 2. The lowest BCUT2D eigenvalue weighted by Gasteiger charge is -2.29. The third-order valence-corrected chi connectivity index (χ3v) is 2.91. The Labute approximate surface area is 108 Å². The fraction of sp³-hybridized carbons (Fsp3) is 0.500. The average Bonchev–Trinajstić information content (AvgIpc) is 2.29. The first kappa shape index (κ1) is 14.5. The maximum atomic E-state index is 12.2. The molecule has 1 aromatic carbocycles. The third-order valence-electron chi connectivity index (χ3n) is 2.91. The molecule has 1 rings (SSSR count). The van der Waals surface area contributed by atoms with Crippen LogP contribution in [0, 0.1) is 0 Å². The second kappa shape index (κ2) is 5.87. The number of benzene rings is 1. The van der Waals surface area contributed by atoms with Crippen molar-refractivity contribution in [1.29, 1.82) is 0 Å². The standard InChI is InChI=1S/C14H21NO3/c1-5-18-12-9-7-6-8-11(12)13(17)15-14(3,4)10(2)16/h6-10,16H,5H2,1-4H3,(H,15,17). The summed E-state index contributed by atoms with van der Waals surface area (Å²) in [6, 6.07) is 7.07. The molecule has 0 aliphatic heterocycles. The SMILES string of the molecule is CCOc1ccccc1C(=O)NC(C)(C)C(C)O. The molecule has 4 nitrogen and oxygen atoms in total. The van der Waals surface area contributed by atoms with Crippen LogP contribution < -0.4 is 10.1 Å². The fourth-order valence-electron chi connectivity index (χ4n) is 1.40. The first-order valence-electron chi connectivity index (χ1n) is 6.11. The van der Waals surface area contributed by atoms with Crippen LogP contribution in [0.3, 0.4) is 0 Å². The number of para-hydroxylation sites is 1. The topological polar surface area (TPSA) is 58.6 Å². The van der Waals surface area contributed by atoms with E-state index in [0.29, 0.717) is 17.9 Å². The zero-order valence-corrected chi connectivity index (χ0v) is 11.4. The van der Waals surface area contributed by atoms with Gasteiger partial charge in [-0.3, -0.25) is 4.79 Å². The van der Waals surface area contributed by atoms with Gasteiger partial charge in [0.15, 0.2) is 0 Å². The number of ether oxygens (including phenoxy) is 1. The van der Waals surface area contributed by atoms with E-state index in [1.807, 2.05) is 13.0 Å². The van der Waals surface area contributed by atoms with Crippen LogP contribution in [-0.4, -0.2) is 29.3 Å². The molecule has 0 saturated heterocycles. The van der Waals surface area contributed by atoms with E-state index in [9.17, 15) is 9.90 Å². The van der Waals surface area contributed by atoms with Gasteiger partial charge >= 0.3 is 0 Å². The number of hydrogen-bond acceptors (Lipinski definition) is 3. The molecule has 0 spiro atoms. The molecular formula is C14H21NO3. The molecule has 4 heteroatoms. The molecule has 0 aliphatic rings. The normalized spacial score (nSPS) is 12.9. The Bertz CT molecular complexity index is 413. The predicted molar refractivity (Wildman–Crippen MR) is 70.8 cm³/mol. The van der Waals surface area contributed by atoms with Gasteiger partial charge in [-0.1, -0.05) is 12.1 Å². The van der Waals surface area contributed by atoms with Crippen LogP contribution >= 0.6 is 0 Å². The van der Waals surface area contributed by atoms with E-state index in [4.69, 9.17) is 4.74 Å². The number of rotatable bonds is 5. The molecule has 0 fully saturated rings. The van der Waals surface area contributed by atoms with Gasteiger partial charge in [-0.15, -0.1) is 0 Å². The van der Waals surface area contributed by atoms with Gasteiger partial charge in [0.1, 0.15) is 5.75 Å². The zero-order valence-electron chi connectivity index (χ0n) is 11.4. The summed E-state index contributed by atoms with van der Waals surface area (Å²) in [5, 5.41) is 12.4. The van der Waals surface area contributed by atoms with Crippen LogP contribution in [0.5, 0.6) is 5.75 Å². The van der Waals surface area contributed by atoms with Gasteiger partial charge in [0.05, 0.1) is 23.8 Å². The van der Waals surface area contributed by atoms with Crippen LogP contribution in [0.2, 0.25) is 0 Å². The van der Waals surface area contributed by atoms with Gasteiger partial charge in [-0.2, -0.15) is 0 Å². The highest BCUT2D eigenvalue weighted by atomic mass is 16.5. The summed E-state index contributed by atoms with van der Waals surface area (Å²) in [6.07, 6.45) is -0.638. The molecular weight excluding hydrogens is 230 g/mol. The lowest BCUT2D eigenvalue weighted by Crippen LogP contribution is -2.51. The summed E-state index contributed by atoms with van der Waals surface area (Å²) in [4.78, 5) is 12.2. The molecule has 1 aromatic rings. The summed E-state index contributed by atoms with van der Waals surface area (Å²) in [5.41, 5.74) is -0.204. The summed E-state index contributed by atoms with van der Waals surface area (Å²) < 4.78 is 5.41. The molecule has 1 atom stereocenters. The molecule has 100 valence electrons. The second-order valence-corrected chi connectivity index (χ2v) is 4.78. The molecule has 0 aromatic heterocycles. The summed E-state index contributed by atoms with van der Waals surface area (Å²) in [6.45, 7) is 7.57. The van der Waals surface area contributed by atoms with Gasteiger partial charge in [-0.25, -0.2) is 0 Å². The van der Waals surface area contributed by atoms with Crippen molar-refractivity contribution in [2.75, 3.05) is 6.61 Å². The molecule has 18 heavy (non-hydrogen) atoms. The quantitative estimate of drug-likeness (QED) is 0.841. The van der Waals surface area contributed by atoms with Gasteiger partial charge < -0.3 is 15.2 Å². The van der Waals surface area contributed by atoms with Crippen molar-refractivity contribution in [2.45, 2.75) is 39.3 Å². The molecule has 0 aliphatic carbocycles. The van der Waals surface area contributed by atoms with Crippen molar-refractivity contribution in [3.05, 3.63) is 29.8 Å². The van der Waals surface area contributed by atoms with E-state index in [0.717, 1.165) is 0 Å². The van der Waals surface area contributed by atoms with Gasteiger partial charge in [0.25, 0.3) is 5.91 Å². The smallest absolute Gasteiger partial charge is 0.255 e. The Hall–Kier alpha value is -1.55. The van der Waals surface area contributed by atoms with Crippen molar-refractivity contribution in [3.63, 3.8) is 0 Å². The predicted octanol–water partition coefficient (Wildman–Crippen LogP) is 1.97. The van der Waals surface area contributed by atoms with E-state index < -0.39 is 11.6 Å². The summed E-state index contributed by atoms with van der Waals surface area (Å²) in [7, 11) is 0. The Morgan fingerprint density at radius 3 is 2.61 bits per heavy atom. The molecule has 0 saturated carbocycles. The van der Waals surface area contributed by atoms with Crippen LogP contribution in [0.25, 0.3) is 0 Å². The third kappa shape index (κ3) is 3.47. The van der Waals surface area contributed by atoms with Gasteiger partial charge in [-0.05, 0) is 39.8 Å². The minimum atomic E-state index is -0.684. The highest BCUT2D eigenvalue weighted by Crippen LogP contribution is 2.19. The number of carbonyl (C=O) groups is 1. The second-order valence-electron chi connectivity index (χ2n) is 4.78. The number of carbonyl (C=O) groups excluding carboxylic acids is 1. The van der Waals surface area contributed by atoms with Crippen LogP contribution in [-0.2, 0) is 0 Å². The molecule has 2 N–H and O–H groups in total. The van der Waals surface area contributed by atoms with Gasteiger partial charge in [0.2, 0.25) is 0 Å². The molecule has 0 radical (unpaired) electrons. The van der Waals surface area contributed by atoms with Crippen molar-refractivity contribution < 1.29 is 14.6 Å². The van der Waals surface area contributed by atoms with Crippen molar-refractivity contribution in [2.24, 2.45) is 0 Å². The van der Waals surface area contributed by atoms with Crippen LogP contribution in [0.4, 0.5) is 0 Å². The monoisotopic (exact) mass is 251 g/mol. The van der Waals surface area contributed by atoms with E-state index in [1.165, 1.54) is 0 Å². The maximum absolute atomic E-state index is 12.2. The Morgan fingerprint density at radius 1 is 1.44 bits per heavy atom. The Morgan fingerprint density at radius 2 is 2.06 bits per heavy atom. The van der Waals surface area contributed by atoms with Crippen molar-refractivity contribution in [3.8, 4) is 5.75 Å². The average molecular weight is 251 g/mol. The Balaban J connectivity index is 2.91. The zero-order chi connectivity index (χ0) is 13.8. The first-order valence-corrected chi connectivity index (χ1v) is 6.11. The molecule has 1 unspecified atom stereocenters. The summed E-state index contributed by atoms with van der Waals surface area (Å²) in [5.74, 6) is 0.309. The van der Waals surface area contributed by atoms with E-state index in [-0.39, 0.29) is 5.91 Å². The summed E-state index contributed by atoms with van der Waals surface area (Å²) >= 11 is 0. The van der Waals surface area contributed by atoms with E-state index in [2.05, 4.69) is 5.32 Å². The van der Waals surface area contributed by atoms with E-state index >= 15 is 0 Å². The number of nitrogens with one attached hydrogen (secondary N) is 1. The number of aliphatic hydroxyl groups is 1.